The maximum absolute atomic E-state index is 14.1. The molecule has 3 rings (SSSR count). The lowest BCUT2D eigenvalue weighted by Gasteiger charge is -2.25. The van der Waals surface area contributed by atoms with Crippen LogP contribution in [0, 0.1) is 11.8 Å². The third kappa shape index (κ3) is 5.58. The Hall–Kier alpha value is -3.69. The van der Waals surface area contributed by atoms with Crippen molar-refractivity contribution < 1.29 is 4.79 Å². The van der Waals surface area contributed by atoms with E-state index in [1.165, 1.54) is 14.1 Å². The van der Waals surface area contributed by atoms with Crippen molar-refractivity contribution >= 4 is 28.2 Å². The minimum Gasteiger partial charge on any atom is -0.383 e. The van der Waals surface area contributed by atoms with Gasteiger partial charge in [-0.3, -0.25) is 28.8 Å². The zero-order valence-corrected chi connectivity index (χ0v) is 21.7. The van der Waals surface area contributed by atoms with Gasteiger partial charge in [-0.1, -0.05) is 59.2 Å². The number of benzene rings is 1. The minimum atomic E-state index is -0.734. The number of nitrogens with zero attached hydrogens (tertiary/aromatic N) is 4. The molecule has 0 bridgehead atoms. The maximum atomic E-state index is 14.1. The molecule has 0 fully saturated rings. The largest absolute Gasteiger partial charge is 0.383 e. The molecule has 3 aromatic rings. The van der Waals surface area contributed by atoms with Crippen LogP contribution in [-0.4, -0.2) is 31.8 Å². The average molecular weight is 497 g/mol. The number of hydrogen-bond donors (Lipinski definition) is 2. The Kier molecular flexibility index (Phi) is 8.49. The molecular weight excluding hydrogens is 460 g/mol. The standard InChI is InChI=1S/C26H36N6O4/c1-6-7-13-31-22(27)21(23(33)28-26(31)36)30(14-12-16(2)3)25(35)20-18-10-8-9-11-19(18)24(34)32(29-20)15-17(4)5/h8-11,16-17H,6-7,12-15,27H2,1-5H3,(H,28,33,36). The van der Waals surface area contributed by atoms with E-state index in [2.05, 4.69) is 10.1 Å². The smallest absolute Gasteiger partial charge is 0.330 e. The van der Waals surface area contributed by atoms with Crippen LogP contribution in [0.25, 0.3) is 10.8 Å². The number of nitrogen functional groups attached to an aromatic ring is 1. The zero-order chi connectivity index (χ0) is 26.6. The topological polar surface area (TPSA) is 136 Å². The van der Waals surface area contributed by atoms with Gasteiger partial charge in [0.1, 0.15) is 5.82 Å². The molecule has 0 aliphatic carbocycles. The van der Waals surface area contributed by atoms with Crippen LogP contribution in [0.1, 0.15) is 64.4 Å². The van der Waals surface area contributed by atoms with Crippen LogP contribution in [0.4, 0.5) is 11.5 Å². The number of amides is 1. The van der Waals surface area contributed by atoms with Gasteiger partial charge in [0.25, 0.3) is 17.0 Å². The van der Waals surface area contributed by atoms with Crippen LogP contribution in [0.3, 0.4) is 0 Å². The summed E-state index contributed by atoms with van der Waals surface area (Å²) in [4.78, 5) is 56.3. The summed E-state index contributed by atoms with van der Waals surface area (Å²) in [6.07, 6.45) is 2.09. The molecule has 2 aromatic heterocycles. The molecule has 0 radical (unpaired) electrons. The summed E-state index contributed by atoms with van der Waals surface area (Å²) in [7, 11) is 0. The normalized spacial score (nSPS) is 11.5. The van der Waals surface area contributed by atoms with Crippen LogP contribution in [-0.2, 0) is 13.1 Å². The molecule has 0 aliphatic heterocycles. The summed E-state index contributed by atoms with van der Waals surface area (Å²) in [5, 5.41) is 5.22. The predicted octanol–water partition coefficient (Wildman–Crippen LogP) is 2.98. The summed E-state index contributed by atoms with van der Waals surface area (Å²) < 4.78 is 2.59. The van der Waals surface area contributed by atoms with E-state index in [0.717, 1.165) is 6.42 Å². The first-order valence-electron chi connectivity index (χ1n) is 12.5. The summed E-state index contributed by atoms with van der Waals surface area (Å²) >= 11 is 0. The van der Waals surface area contributed by atoms with Gasteiger partial charge < -0.3 is 5.73 Å². The lowest BCUT2D eigenvalue weighted by molar-refractivity contribution is 0.0980. The second-order valence-electron chi connectivity index (χ2n) is 9.91. The van der Waals surface area contributed by atoms with Crippen LogP contribution in [0.2, 0.25) is 0 Å². The fourth-order valence-corrected chi connectivity index (χ4v) is 4.07. The fraction of sp³-hybridized carbons (Fsp3) is 0.500. The third-order valence-corrected chi connectivity index (χ3v) is 6.00. The number of aromatic nitrogens is 4. The van der Waals surface area contributed by atoms with Crippen molar-refractivity contribution in [1.29, 1.82) is 0 Å². The van der Waals surface area contributed by atoms with Crippen molar-refractivity contribution in [3.63, 3.8) is 0 Å². The number of hydrogen-bond acceptors (Lipinski definition) is 6. The minimum absolute atomic E-state index is 0.0553. The Morgan fingerprint density at radius 1 is 1.08 bits per heavy atom. The predicted molar refractivity (Wildman–Crippen MR) is 143 cm³/mol. The maximum Gasteiger partial charge on any atom is 0.330 e. The van der Waals surface area contributed by atoms with Crippen molar-refractivity contribution in [2.45, 2.75) is 67.0 Å². The average Bonchev–Trinajstić information content (AvgIpc) is 2.82. The van der Waals surface area contributed by atoms with Gasteiger partial charge in [-0.05, 0) is 30.7 Å². The van der Waals surface area contributed by atoms with Crippen molar-refractivity contribution in [3.8, 4) is 0 Å². The van der Waals surface area contributed by atoms with Gasteiger partial charge in [0.05, 0.1) is 5.39 Å². The third-order valence-electron chi connectivity index (χ3n) is 6.00. The molecule has 0 saturated carbocycles. The van der Waals surface area contributed by atoms with Crippen LogP contribution in [0.15, 0.2) is 38.6 Å². The van der Waals surface area contributed by atoms with Gasteiger partial charge in [-0.25, -0.2) is 9.48 Å². The quantitative estimate of drug-likeness (QED) is 0.443. The van der Waals surface area contributed by atoms with Crippen molar-refractivity contribution in [2.24, 2.45) is 11.8 Å². The molecule has 194 valence electrons. The first-order chi connectivity index (χ1) is 17.1. The molecule has 0 saturated heterocycles. The number of unbranched alkanes of at least 4 members (excludes halogenated alkanes) is 1. The Morgan fingerprint density at radius 3 is 2.36 bits per heavy atom. The van der Waals surface area contributed by atoms with Gasteiger partial charge in [0, 0.05) is 25.0 Å². The van der Waals surface area contributed by atoms with E-state index in [1.807, 2.05) is 34.6 Å². The summed E-state index contributed by atoms with van der Waals surface area (Å²) in [6, 6.07) is 6.81. The molecule has 0 atom stereocenters. The number of rotatable bonds is 10. The van der Waals surface area contributed by atoms with E-state index in [-0.39, 0.29) is 41.1 Å². The number of fused-ring (bicyclic) bond motifs is 1. The van der Waals surface area contributed by atoms with Gasteiger partial charge in [-0.2, -0.15) is 5.10 Å². The number of anilines is 2. The molecule has 3 N–H and O–H groups in total. The molecule has 0 spiro atoms. The zero-order valence-electron chi connectivity index (χ0n) is 21.7. The molecule has 1 aromatic carbocycles. The first kappa shape index (κ1) is 26.9. The Labute approximate surface area is 209 Å². The molecule has 10 heteroatoms. The summed E-state index contributed by atoms with van der Waals surface area (Å²) in [6.45, 7) is 10.8. The van der Waals surface area contributed by atoms with E-state index in [0.29, 0.717) is 36.7 Å². The second-order valence-corrected chi connectivity index (χ2v) is 9.91. The highest BCUT2D eigenvalue weighted by atomic mass is 16.2. The number of carbonyl (C=O) groups excluding carboxylic acids is 1. The van der Waals surface area contributed by atoms with Crippen molar-refractivity contribution in [1.82, 2.24) is 19.3 Å². The Balaban J connectivity index is 2.27. The van der Waals surface area contributed by atoms with Gasteiger partial charge in [0.15, 0.2) is 11.4 Å². The summed E-state index contributed by atoms with van der Waals surface area (Å²) in [5.41, 5.74) is 4.70. The molecule has 1 amide bonds. The Bertz CT molecular complexity index is 1420. The van der Waals surface area contributed by atoms with Crippen LogP contribution in [0.5, 0.6) is 0 Å². The van der Waals surface area contributed by atoms with Gasteiger partial charge >= 0.3 is 5.69 Å². The molecule has 2 heterocycles. The number of H-pyrrole nitrogens is 1. The lowest BCUT2D eigenvalue weighted by atomic mass is 10.1. The van der Waals surface area contributed by atoms with E-state index < -0.39 is 17.2 Å². The first-order valence-corrected chi connectivity index (χ1v) is 12.5. The van der Waals surface area contributed by atoms with Crippen molar-refractivity contribution in [2.75, 3.05) is 17.2 Å². The SMILES string of the molecule is CCCCn1c(N)c(N(CCC(C)C)C(=O)c2nn(CC(C)C)c(=O)c3ccccc23)c(=O)[nH]c1=O. The lowest BCUT2D eigenvalue weighted by Crippen LogP contribution is -2.43. The van der Waals surface area contributed by atoms with E-state index in [4.69, 9.17) is 5.73 Å². The van der Waals surface area contributed by atoms with E-state index in [9.17, 15) is 19.2 Å². The van der Waals surface area contributed by atoms with E-state index in [1.54, 1.807) is 24.3 Å². The summed E-state index contributed by atoms with van der Waals surface area (Å²) in [5.74, 6) is -0.264. The highest BCUT2D eigenvalue weighted by molar-refractivity contribution is 6.13. The number of nitrogens with one attached hydrogen (secondary N) is 1. The van der Waals surface area contributed by atoms with Crippen LogP contribution < -0.4 is 27.4 Å². The monoisotopic (exact) mass is 496 g/mol. The highest BCUT2D eigenvalue weighted by Gasteiger charge is 2.28. The molecule has 10 nitrogen and oxygen atoms in total. The number of carbonyl (C=O) groups is 1. The molecular formula is C26H36N6O4. The fourth-order valence-electron chi connectivity index (χ4n) is 4.07. The Morgan fingerprint density at radius 2 is 1.75 bits per heavy atom. The molecule has 36 heavy (non-hydrogen) atoms. The van der Waals surface area contributed by atoms with E-state index >= 15 is 0 Å². The highest BCUT2D eigenvalue weighted by Crippen LogP contribution is 2.23. The number of aromatic amines is 1. The number of nitrogens with two attached hydrogens (primary N) is 1. The van der Waals surface area contributed by atoms with Crippen molar-refractivity contribution in [3.05, 3.63) is 61.2 Å². The molecule has 0 aliphatic rings. The van der Waals surface area contributed by atoms with Gasteiger partial charge in [0.2, 0.25) is 0 Å². The second kappa shape index (κ2) is 11.4. The van der Waals surface area contributed by atoms with Gasteiger partial charge in [-0.15, -0.1) is 0 Å². The van der Waals surface area contributed by atoms with Crippen LogP contribution >= 0.6 is 0 Å². The molecule has 0 unspecified atom stereocenters.